The summed E-state index contributed by atoms with van der Waals surface area (Å²) in [4.78, 5) is 12.3. The maximum absolute atomic E-state index is 12.3. The van der Waals surface area contributed by atoms with Crippen molar-refractivity contribution >= 4 is 27.5 Å². The molecule has 1 N–H and O–H groups in total. The molecule has 110 valence electrons. The van der Waals surface area contributed by atoms with Crippen LogP contribution in [0.2, 0.25) is 0 Å². The summed E-state index contributed by atoms with van der Waals surface area (Å²) >= 11 is 3.45. The van der Waals surface area contributed by atoms with Crippen LogP contribution < -0.4 is 14.8 Å². The van der Waals surface area contributed by atoms with E-state index in [0.717, 1.165) is 15.7 Å². The highest BCUT2D eigenvalue weighted by Crippen LogP contribution is 2.28. The minimum Gasteiger partial charge on any atom is -0.493 e. The number of anilines is 1. The number of methoxy groups -OCH3 is 2. The smallest absolute Gasteiger partial charge is 0.255 e. The fourth-order valence-electron chi connectivity index (χ4n) is 1.91. The fraction of sp³-hybridized carbons (Fsp3) is 0.188. The molecule has 0 saturated heterocycles. The van der Waals surface area contributed by atoms with Gasteiger partial charge in [-0.15, -0.1) is 0 Å². The first-order valence-electron chi connectivity index (χ1n) is 6.35. The van der Waals surface area contributed by atoms with E-state index in [1.165, 1.54) is 7.11 Å². The number of ether oxygens (including phenoxy) is 2. The Hall–Kier alpha value is -2.01. The van der Waals surface area contributed by atoms with Crippen LogP contribution in [0.15, 0.2) is 40.9 Å². The number of nitrogens with one attached hydrogen (secondary N) is 1. The van der Waals surface area contributed by atoms with E-state index in [9.17, 15) is 4.79 Å². The van der Waals surface area contributed by atoms with Crippen molar-refractivity contribution in [2.75, 3.05) is 19.5 Å². The number of hydrogen-bond acceptors (Lipinski definition) is 3. The molecular formula is C16H16BrNO3. The van der Waals surface area contributed by atoms with Crippen molar-refractivity contribution in [2.24, 2.45) is 0 Å². The Morgan fingerprint density at radius 1 is 1.10 bits per heavy atom. The lowest BCUT2D eigenvalue weighted by atomic mass is 10.1. The van der Waals surface area contributed by atoms with Gasteiger partial charge in [0.15, 0.2) is 11.5 Å². The van der Waals surface area contributed by atoms with E-state index in [0.29, 0.717) is 17.1 Å². The number of rotatable bonds is 4. The third-order valence-electron chi connectivity index (χ3n) is 3.16. The van der Waals surface area contributed by atoms with Gasteiger partial charge >= 0.3 is 0 Å². The van der Waals surface area contributed by atoms with Crippen molar-refractivity contribution < 1.29 is 14.3 Å². The molecule has 4 nitrogen and oxygen atoms in total. The van der Waals surface area contributed by atoms with Gasteiger partial charge in [-0.05, 0) is 42.8 Å². The van der Waals surface area contributed by atoms with E-state index in [-0.39, 0.29) is 5.91 Å². The summed E-state index contributed by atoms with van der Waals surface area (Å²) in [5.74, 6) is 0.918. The highest BCUT2D eigenvalue weighted by atomic mass is 79.9. The van der Waals surface area contributed by atoms with Crippen molar-refractivity contribution in [2.45, 2.75) is 6.92 Å². The number of hydrogen-bond donors (Lipinski definition) is 1. The Morgan fingerprint density at radius 2 is 1.81 bits per heavy atom. The molecule has 0 bridgehead atoms. The van der Waals surface area contributed by atoms with E-state index in [1.54, 1.807) is 25.3 Å². The van der Waals surface area contributed by atoms with Gasteiger partial charge in [-0.2, -0.15) is 0 Å². The van der Waals surface area contributed by atoms with Crippen LogP contribution >= 0.6 is 15.9 Å². The van der Waals surface area contributed by atoms with Gasteiger partial charge in [0.05, 0.1) is 14.2 Å². The highest BCUT2D eigenvalue weighted by Gasteiger charge is 2.12. The molecule has 2 rings (SSSR count). The first kappa shape index (κ1) is 15.4. The number of carbonyl (C=O) groups excluding carboxylic acids is 1. The van der Waals surface area contributed by atoms with Crippen LogP contribution in [0.3, 0.4) is 0 Å². The van der Waals surface area contributed by atoms with Gasteiger partial charge in [-0.1, -0.05) is 22.0 Å². The second kappa shape index (κ2) is 6.63. The monoisotopic (exact) mass is 349 g/mol. The van der Waals surface area contributed by atoms with Gasteiger partial charge < -0.3 is 14.8 Å². The molecule has 1 amide bonds. The molecule has 0 radical (unpaired) electrons. The molecule has 2 aromatic carbocycles. The maximum Gasteiger partial charge on any atom is 0.255 e. The van der Waals surface area contributed by atoms with Gasteiger partial charge in [0, 0.05) is 15.7 Å². The molecule has 0 aliphatic carbocycles. The maximum atomic E-state index is 12.3. The first-order valence-corrected chi connectivity index (χ1v) is 7.14. The van der Waals surface area contributed by atoms with E-state index in [2.05, 4.69) is 21.2 Å². The van der Waals surface area contributed by atoms with E-state index < -0.39 is 0 Å². The third-order valence-corrected chi connectivity index (χ3v) is 4.02. The van der Waals surface area contributed by atoms with Gasteiger partial charge in [0.1, 0.15) is 0 Å². The van der Waals surface area contributed by atoms with Gasteiger partial charge in [-0.25, -0.2) is 0 Å². The Morgan fingerprint density at radius 3 is 2.48 bits per heavy atom. The lowest BCUT2D eigenvalue weighted by Crippen LogP contribution is -2.13. The standard InChI is InChI=1S/C16H16BrNO3/c1-10-12(17)5-4-6-13(10)18-16(19)11-7-8-14(20-2)15(9-11)21-3/h4-9H,1-3H3,(H,18,19). The number of benzene rings is 2. The Balaban J connectivity index is 2.26. The van der Waals surface area contributed by atoms with Crippen molar-refractivity contribution in [1.82, 2.24) is 0 Å². The molecule has 5 heteroatoms. The number of amides is 1. The first-order chi connectivity index (χ1) is 10.1. The Kier molecular flexibility index (Phi) is 4.85. The van der Waals surface area contributed by atoms with E-state index in [4.69, 9.17) is 9.47 Å². The average Bonchev–Trinajstić information content (AvgIpc) is 2.51. The van der Waals surface area contributed by atoms with Gasteiger partial charge in [0.2, 0.25) is 0 Å². The van der Waals surface area contributed by atoms with E-state index >= 15 is 0 Å². The van der Waals surface area contributed by atoms with Crippen LogP contribution in [0.25, 0.3) is 0 Å². The van der Waals surface area contributed by atoms with Crippen molar-refractivity contribution in [1.29, 1.82) is 0 Å². The zero-order valence-corrected chi connectivity index (χ0v) is 13.7. The zero-order valence-electron chi connectivity index (χ0n) is 12.1. The topological polar surface area (TPSA) is 47.6 Å². The van der Waals surface area contributed by atoms with E-state index in [1.807, 2.05) is 25.1 Å². The average molecular weight is 350 g/mol. The summed E-state index contributed by atoms with van der Waals surface area (Å²) < 4.78 is 11.3. The summed E-state index contributed by atoms with van der Waals surface area (Å²) in [6.45, 7) is 1.94. The molecular weight excluding hydrogens is 334 g/mol. The minimum absolute atomic E-state index is 0.197. The van der Waals surface area contributed by atoms with Crippen LogP contribution in [-0.4, -0.2) is 20.1 Å². The molecule has 0 aliphatic rings. The van der Waals surface area contributed by atoms with Crippen LogP contribution in [0, 0.1) is 6.92 Å². The summed E-state index contributed by atoms with van der Waals surface area (Å²) in [5.41, 5.74) is 2.25. The normalized spacial score (nSPS) is 10.1. The van der Waals surface area contributed by atoms with Gasteiger partial charge in [-0.3, -0.25) is 4.79 Å². The molecule has 21 heavy (non-hydrogen) atoms. The molecule has 0 saturated carbocycles. The molecule has 0 aromatic heterocycles. The predicted molar refractivity (Wildman–Crippen MR) is 86.4 cm³/mol. The number of halogens is 1. The largest absolute Gasteiger partial charge is 0.493 e. The molecule has 0 spiro atoms. The molecule has 0 heterocycles. The summed E-state index contributed by atoms with van der Waals surface area (Å²) in [7, 11) is 3.10. The fourth-order valence-corrected chi connectivity index (χ4v) is 2.28. The predicted octanol–water partition coefficient (Wildman–Crippen LogP) is 4.03. The molecule has 0 unspecified atom stereocenters. The lowest BCUT2D eigenvalue weighted by Gasteiger charge is -2.12. The zero-order chi connectivity index (χ0) is 15.4. The van der Waals surface area contributed by atoms with Crippen molar-refractivity contribution in [3.8, 4) is 11.5 Å². The third kappa shape index (κ3) is 3.36. The molecule has 2 aromatic rings. The molecule has 0 aliphatic heterocycles. The van der Waals surface area contributed by atoms with Crippen LogP contribution in [-0.2, 0) is 0 Å². The van der Waals surface area contributed by atoms with Crippen LogP contribution in [0.1, 0.15) is 15.9 Å². The molecule has 0 atom stereocenters. The second-order valence-electron chi connectivity index (χ2n) is 4.44. The lowest BCUT2D eigenvalue weighted by molar-refractivity contribution is 0.102. The van der Waals surface area contributed by atoms with Crippen LogP contribution in [0.5, 0.6) is 11.5 Å². The van der Waals surface area contributed by atoms with Gasteiger partial charge in [0.25, 0.3) is 5.91 Å². The molecule has 0 fully saturated rings. The van der Waals surface area contributed by atoms with Crippen molar-refractivity contribution in [3.05, 3.63) is 52.0 Å². The Bertz CT molecular complexity index is 671. The summed E-state index contributed by atoms with van der Waals surface area (Å²) in [5, 5.41) is 2.89. The minimum atomic E-state index is -0.197. The number of carbonyl (C=O) groups is 1. The SMILES string of the molecule is COc1ccc(C(=O)Nc2cccc(Br)c2C)cc1OC. The highest BCUT2D eigenvalue weighted by molar-refractivity contribution is 9.10. The quantitative estimate of drug-likeness (QED) is 0.906. The summed E-state index contributed by atoms with van der Waals surface area (Å²) in [6.07, 6.45) is 0. The van der Waals surface area contributed by atoms with Crippen molar-refractivity contribution in [3.63, 3.8) is 0 Å². The Labute approximate surface area is 132 Å². The summed E-state index contributed by atoms with van der Waals surface area (Å²) in [6, 6.07) is 10.7. The second-order valence-corrected chi connectivity index (χ2v) is 5.29. The van der Waals surface area contributed by atoms with Crippen LogP contribution in [0.4, 0.5) is 5.69 Å².